The van der Waals surface area contributed by atoms with Gasteiger partial charge in [0.05, 0.1) is 6.04 Å². The van der Waals surface area contributed by atoms with Gasteiger partial charge in [0.15, 0.2) is 0 Å². The summed E-state index contributed by atoms with van der Waals surface area (Å²) >= 11 is 0. The average Bonchev–Trinajstić information content (AvgIpc) is 2.86. The minimum absolute atomic E-state index is 0.0377. The van der Waals surface area contributed by atoms with Gasteiger partial charge in [-0.3, -0.25) is 14.4 Å². The Morgan fingerprint density at radius 1 is 1.29 bits per heavy atom. The highest BCUT2D eigenvalue weighted by Crippen LogP contribution is 2.16. The number of hydrogen-bond donors (Lipinski definition) is 3. The van der Waals surface area contributed by atoms with Gasteiger partial charge >= 0.3 is 0 Å². The van der Waals surface area contributed by atoms with E-state index in [1.165, 1.54) is 12.1 Å². The Hall–Kier alpha value is -2.57. The third kappa shape index (κ3) is 4.97. The van der Waals surface area contributed by atoms with Gasteiger partial charge in [0.2, 0.25) is 17.7 Å². The summed E-state index contributed by atoms with van der Waals surface area (Å²) in [5.41, 5.74) is 0.481. The minimum Gasteiger partial charge on any atom is -0.508 e. The van der Waals surface area contributed by atoms with Crippen molar-refractivity contribution < 1.29 is 19.5 Å². The number of phenolic OH excluding ortho intramolecular Hbond substituents is 1. The number of rotatable bonds is 6. The van der Waals surface area contributed by atoms with E-state index in [0.29, 0.717) is 18.7 Å². The summed E-state index contributed by atoms with van der Waals surface area (Å²) in [7, 11) is 0. The van der Waals surface area contributed by atoms with Gasteiger partial charge in [0.1, 0.15) is 5.75 Å². The number of carbonyl (C=O) groups excluding carboxylic acids is 3. The van der Waals surface area contributed by atoms with Crippen LogP contribution in [0, 0.1) is 0 Å². The van der Waals surface area contributed by atoms with Crippen LogP contribution in [0.1, 0.15) is 33.1 Å². The lowest BCUT2D eigenvalue weighted by Crippen LogP contribution is -2.39. The number of carbonyl (C=O) groups is 3. The second kappa shape index (κ2) is 7.81. The summed E-state index contributed by atoms with van der Waals surface area (Å²) in [6, 6.07) is 6.14. The van der Waals surface area contributed by atoms with Crippen LogP contribution in [0.3, 0.4) is 0 Å². The van der Waals surface area contributed by atoms with Crippen LogP contribution in [0.5, 0.6) is 5.75 Å². The van der Waals surface area contributed by atoms with Crippen LogP contribution in [-0.2, 0) is 14.4 Å². The molecule has 24 heavy (non-hydrogen) atoms. The maximum absolute atomic E-state index is 11.9. The Kier molecular flexibility index (Phi) is 5.78. The lowest BCUT2D eigenvalue weighted by molar-refractivity contribution is -0.129. The lowest BCUT2D eigenvalue weighted by Gasteiger charge is -2.21. The molecule has 3 N–H and O–H groups in total. The molecular formula is C17H23N3O4. The molecule has 2 rings (SSSR count). The number of likely N-dealkylation sites (tertiary alicyclic amines) is 1. The van der Waals surface area contributed by atoms with Crippen molar-refractivity contribution >= 4 is 23.4 Å². The monoisotopic (exact) mass is 333 g/mol. The molecule has 0 bridgehead atoms. The van der Waals surface area contributed by atoms with E-state index in [1.54, 1.807) is 17.0 Å². The summed E-state index contributed by atoms with van der Waals surface area (Å²) in [5.74, 6) is -0.449. The summed E-state index contributed by atoms with van der Waals surface area (Å²) in [5, 5.41) is 14.8. The van der Waals surface area contributed by atoms with Crippen molar-refractivity contribution in [3.63, 3.8) is 0 Å². The standard InChI is InChI=1S/C17H23N3O4/c1-11(2)20-10-13(9-17(20)24)19-16(23)7-6-15(22)18-12-4-3-5-14(21)8-12/h3-5,8,11,13,21H,6-7,9-10H2,1-2H3,(H,18,22)(H,19,23)/t13-/m0/s1. The van der Waals surface area contributed by atoms with Crippen LogP contribution < -0.4 is 10.6 Å². The second-order valence-electron chi connectivity index (χ2n) is 6.21. The van der Waals surface area contributed by atoms with Crippen molar-refractivity contribution in [2.24, 2.45) is 0 Å². The Bertz CT molecular complexity index is 630. The Morgan fingerprint density at radius 2 is 2.00 bits per heavy atom. The quantitative estimate of drug-likeness (QED) is 0.729. The molecule has 0 aliphatic carbocycles. The molecule has 130 valence electrons. The average molecular weight is 333 g/mol. The van der Waals surface area contributed by atoms with Gasteiger partial charge in [-0.2, -0.15) is 0 Å². The van der Waals surface area contributed by atoms with Gasteiger partial charge in [-0.15, -0.1) is 0 Å². The first kappa shape index (κ1) is 17.8. The maximum atomic E-state index is 11.9. The number of hydrogen-bond acceptors (Lipinski definition) is 4. The highest BCUT2D eigenvalue weighted by molar-refractivity contribution is 5.93. The summed E-state index contributed by atoms with van der Waals surface area (Å²) in [6.45, 7) is 4.39. The van der Waals surface area contributed by atoms with Crippen molar-refractivity contribution in [1.29, 1.82) is 0 Å². The van der Waals surface area contributed by atoms with Gasteiger partial charge in [-0.25, -0.2) is 0 Å². The summed E-state index contributed by atoms with van der Waals surface area (Å²) in [6.07, 6.45) is 0.395. The molecule has 1 heterocycles. The van der Waals surface area contributed by atoms with E-state index in [0.717, 1.165) is 0 Å². The Balaban J connectivity index is 1.73. The number of aromatic hydroxyl groups is 1. The van der Waals surface area contributed by atoms with Gasteiger partial charge < -0.3 is 20.6 Å². The van der Waals surface area contributed by atoms with Gasteiger partial charge in [-0.1, -0.05) is 6.07 Å². The molecule has 1 saturated heterocycles. The lowest BCUT2D eigenvalue weighted by atomic mass is 10.2. The normalized spacial score (nSPS) is 17.2. The Morgan fingerprint density at radius 3 is 2.62 bits per heavy atom. The molecule has 1 atom stereocenters. The van der Waals surface area contributed by atoms with Crippen LogP contribution in [-0.4, -0.2) is 46.4 Å². The van der Waals surface area contributed by atoms with E-state index in [4.69, 9.17) is 0 Å². The van der Waals surface area contributed by atoms with Crippen LogP contribution in [0.15, 0.2) is 24.3 Å². The molecule has 1 aliphatic rings. The van der Waals surface area contributed by atoms with Crippen molar-refractivity contribution in [1.82, 2.24) is 10.2 Å². The Labute approximate surface area is 141 Å². The number of amides is 3. The van der Waals surface area contributed by atoms with Crippen molar-refractivity contribution in [2.75, 3.05) is 11.9 Å². The number of phenols is 1. The maximum Gasteiger partial charge on any atom is 0.225 e. The molecule has 3 amide bonds. The van der Waals surface area contributed by atoms with Gasteiger partial charge in [0.25, 0.3) is 0 Å². The molecule has 0 unspecified atom stereocenters. The zero-order valence-corrected chi connectivity index (χ0v) is 13.9. The zero-order chi connectivity index (χ0) is 17.7. The first-order valence-corrected chi connectivity index (χ1v) is 8.03. The molecule has 1 fully saturated rings. The van der Waals surface area contributed by atoms with Crippen LogP contribution in [0.4, 0.5) is 5.69 Å². The van der Waals surface area contributed by atoms with E-state index in [2.05, 4.69) is 10.6 Å². The van der Waals surface area contributed by atoms with E-state index in [-0.39, 0.29) is 48.4 Å². The molecule has 7 nitrogen and oxygen atoms in total. The van der Waals surface area contributed by atoms with Crippen molar-refractivity contribution in [3.8, 4) is 5.75 Å². The number of anilines is 1. The molecule has 7 heteroatoms. The third-order valence-corrected chi connectivity index (χ3v) is 3.86. The number of nitrogens with zero attached hydrogens (tertiary/aromatic N) is 1. The minimum atomic E-state index is -0.304. The van der Waals surface area contributed by atoms with Crippen LogP contribution in [0.25, 0.3) is 0 Å². The predicted octanol–water partition coefficient (Wildman–Crippen LogP) is 1.24. The van der Waals surface area contributed by atoms with Crippen LogP contribution >= 0.6 is 0 Å². The van der Waals surface area contributed by atoms with Gasteiger partial charge in [-0.05, 0) is 26.0 Å². The molecule has 1 aromatic carbocycles. The highest BCUT2D eigenvalue weighted by Gasteiger charge is 2.31. The van der Waals surface area contributed by atoms with Crippen molar-refractivity contribution in [2.45, 2.75) is 45.2 Å². The predicted molar refractivity (Wildman–Crippen MR) is 89.4 cm³/mol. The first-order chi connectivity index (χ1) is 11.3. The molecule has 1 aromatic rings. The van der Waals surface area contributed by atoms with E-state index >= 15 is 0 Å². The van der Waals surface area contributed by atoms with E-state index < -0.39 is 0 Å². The van der Waals surface area contributed by atoms with Crippen LogP contribution in [0.2, 0.25) is 0 Å². The van der Waals surface area contributed by atoms with E-state index in [9.17, 15) is 19.5 Å². The fraction of sp³-hybridized carbons (Fsp3) is 0.471. The largest absolute Gasteiger partial charge is 0.508 e. The van der Waals surface area contributed by atoms with Crippen molar-refractivity contribution in [3.05, 3.63) is 24.3 Å². The van der Waals surface area contributed by atoms with Gasteiger partial charge in [0, 0.05) is 43.6 Å². The fourth-order valence-electron chi connectivity index (χ4n) is 2.66. The molecule has 1 aliphatic heterocycles. The number of benzene rings is 1. The summed E-state index contributed by atoms with van der Waals surface area (Å²) < 4.78 is 0. The highest BCUT2D eigenvalue weighted by atomic mass is 16.3. The molecule has 0 aromatic heterocycles. The molecule has 0 spiro atoms. The smallest absolute Gasteiger partial charge is 0.225 e. The fourth-order valence-corrected chi connectivity index (χ4v) is 2.66. The second-order valence-corrected chi connectivity index (χ2v) is 6.21. The topological polar surface area (TPSA) is 98.7 Å². The SMILES string of the molecule is CC(C)N1C[C@@H](NC(=O)CCC(=O)Nc2cccc(O)c2)CC1=O. The molecular weight excluding hydrogens is 310 g/mol. The first-order valence-electron chi connectivity index (χ1n) is 8.03. The van der Waals surface area contributed by atoms with E-state index in [1.807, 2.05) is 13.8 Å². The summed E-state index contributed by atoms with van der Waals surface area (Å²) in [4.78, 5) is 37.3. The molecule has 0 saturated carbocycles. The molecule has 0 radical (unpaired) electrons. The number of nitrogens with one attached hydrogen (secondary N) is 2. The third-order valence-electron chi connectivity index (χ3n) is 3.86. The zero-order valence-electron chi connectivity index (χ0n) is 13.9.